The maximum atomic E-state index is 12.5. The van der Waals surface area contributed by atoms with Gasteiger partial charge in [-0.15, -0.1) is 0 Å². The highest BCUT2D eigenvalue weighted by Gasteiger charge is 2.22. The fourth-order valence-corrected chi connectivity index (χ4v) is 3.75. The van der Waals surface area contributed by atoms with E-state index in [9.17, 15) is 4.79 Å². The summed E-state index contributed by atoms with van der Waals surface area (Å²) in [5, 5.41) is 4.21. The Labute approximate surface area is 164 Å². The summed E-state index contributed by atoms with van der Waals surface area (Å²) in [5.74, 6) is 0.0849. The summed E-state index contributed by atoms with van der Waals surface area (Å²) in [6, 6.07) is 11.6. The van der Waals surface area contributed by atoms with Gasteiger partial charge in [-0.05, 0) is 49.2 Å². The third kappa shape index (κ3) is 4.43. The minimum Gasteiger partial charge on any atom is -0.376 e. The molecule has 26 heavy (non-hydrogen) atoms. The van der Waals surface area contributed by atoms with E-state index in [2.05, 4.69) is 42.3 Å². The molecule has 0 unspecified atom stereocenters. The number of hydrogen-bond acceptors (Lipinski definition) is 3. The Balaban J connectivity index is 1.54. The first-order valence-electron chi connectivity index (χ1n) is 8.73. The van der Waals surface area contributed by atoms with Crippen LogP contribution in [0.25, 0.3) is 0 Å². The molecule has 1 aliphatic heterocycles. The predicted molar refractivity (Wildman–Crippen MR) is 110 cm³/mol. The van der Waals surface area contributed by atoms with Crippen molar-refractivity contribution in [3.8, 4) is 0 Å². The van der Waals surface area contributed by atoms with E-state index in [1.54, 1.807) is 18.2 Å². The van der Waals surface area contributed by atoms with E-state index in [1.807, 2.05) is 4.90 Å². The van der Waals surface area contributed by atoms with Gasteiger partial charge in [0, 0.05) is 47.6 Å². The molecule has 4 nitrogen and oxygen atoms in total. The zero-order chi connectivity index (χ0) is 18.7. The highest BCUT2D eigenvalue weighted by Crippen LogP contribution is 2.24. The number of benzene rings is 2. The van der Waals surface area contributed by atoms with Crippen LogP contribution in [0.3, 0.4) is 0 Å². The van der Waals surface area contributed by atoms with Crippen molar-refractivity contribution in [1.29, 1.82) is 0 Å². The Kier molecular flexibility index (Phi) is 5.94. The van der Waals surface area contributed by atoms with E-state index >= 15 is 0 Å². The number of nitrogens with one attached hydrogen (secondary N) is 1. The van der Waals surface area contributed by atoms with Gasteiger partial charge in [0.1, 0.15) is 0 Å². The fraction of sp³-hybridized carbons (Fsp3) is 0.350. The number of carbonyl (C=O) groups is 1. The standard InChI is InChI=1S/C20H23Cl2N3O/c1-14-4-3-5-19(15(14)2)24-6-8-25(9-7-24)20(26)13-23-18-11-16(21)10-17(22)12-18/h3-5,10-12,23H,6-9,13H2,1-2H3. The van der Waals surface area contributed by atoms with Crippen LogP contribution in [0, 0.1) is 13.8 Å². The molecule has 0 atom stereocenters. The molecule has 0 radical (unpaired) electrons. The van der Waals surface area contributed by atoms with Gasteiger partial charge < -0.3 is 15.1 Å². The maximum Gasteiger partial charge on any atom is 0.241 e. The molecule has 1 amide bonds. The fourth-order valence-electron chi connectivity index (χ4n) is 3.22. The number of amides is 1. The first-order valence-corrected chi connectivity index (χ1v) is 9.48. The van der Waals surface area contributed by atoms with Crippen LogP contribution in [0.15, 0.2) is 36.4 Å². The first kappa shape index (κ1) is 18.9. The van der Waals surface area contributed by atoms with Crippen molar-refractivity contribution in [2.45, 2.75) is 13.8 Å². The summed E-state index contributed by atoms with van der Waals surface area (Å²) < 4.78 is 0. The maximum absolute atomic E-state index is 12.5. The smallest absolute Gasteiger partial charge is 0.241 e. The van der Waals surface area contributed by atoms with Gasteiger partial charge in [0.2, 0.25) is 5.91 Å². The van der Waals surface area contributed by atoms with Gasteiger partial charge in [0.25, 0.3) is 0 Å². The normalized spacial score (nSPS) is 14.5. The van der Waals surface area contributed by atoms with Crippen LogP contribution >= 0.6 is 23.2 Å². The van der Waals surface area contributed by atoms with Crippen LogP contribution in [-0.2, 0) is 4.79 Å². The third-order valence-corrected chi connectivity index (χ3v) is 5.29. The van der Waals surface area contributed by atoms with Gasteiger partial charge in [-0.25, -0.2) is 0 Å². The molecular formula is C20H23Cl2N3O. The molecule has 1 heterocycles. The highest BCUT2D eigenvalue weighted by molar-refractivity contribution is 6.35. The number of piperazine rings is 1. The Hall–Kier alpha value is -1.91. The Bertz CT molecular complexity index is 781. The van der Waals surface area contributed by atoms with Gasteiger partial charge in [0.15, 0.2) is 0 Å². The van der Waals surface area contributed by atoms with Gasteiger partial charge in [-0.1, -0.05) is 35.3 Å². The van der Waals surface area contributed by atoms with Crippen LogP contribution < -0.4 is 10.2 Å². The summed E-state index contributed by atoms with van der Waals surface area (Å²) in [7, 11) is 0. The number of carbonyl (C=O) groups excluding carboxylic acids is 1. The monoisotopic (exact) mass is 391 g/mol. The Morgan fingerprint density at radius 2 is 1.69 bits per heavy atom. The average Bonchev–Trinajstić information content (AvgIpc) is 2.61. The number of aryl methyl sites for hydroxylation is 1. The summed E-state index contributed by atoms with van der Waals surface area (Å²) in [6.07, 6.45) is 0. The zero-order valence-electron chi connectivity index (χ0n) is 15.1. The summed E-state index contributed by atoms with van der Waals surface area (Å²) in [5.41, 5.74) is 4.63. The van der Waals surface area contributed by atoms with Crippen molar-refractivity contribution < 1.29 is 4.79 Å². The third-order valence-electron chi connectivity index (χ3n) is 4.86. The molecule has 2 aromatic rings. The number of anilines is 2. The van der Waals surface area contributed by atoms with E-state index in [4.69, 9.17) is 23.2 Å². The molecule has 3 rings (SSSR count). The number of rotatable bonds is 4. The van der Waals surface area contributed by atoms with Crippen LogP contribution in [0.1, 0.15) is 11.1 Å². The molecule has 138 valence electrons. The van der Waals surface area contributed by atoms with E-state index in [0.29, 0.717) is 10.0 Å². The van der Waals surface area contributed by atoms with Crippen molar-refractivity contribution in [3.05, 3.63) is 57.6 Å². The highest BCUT2D eigenvalue weighted by atomic mass is 35.5. The lowest BCUT2D eigenvalue weighted by atomic mass is 10.1. The van der Waals surface area contributed by atoms with Crippen molar-refractivity contribution >= 4 is 40.5 Å². The molecule has 2 aromatic carbocycles. The molecule has 1 saturated heterocycles. The number of nitrogens with zero attached hydrogens (tertiary/aromatic N) is 2. The summed E-state index contributed by atoms with van der Waals surface area (Å²) >= 11 is 12.0. The minimum atomic E-state index is 0.0849. The van der Waals surface area contributed by atoms with Crippen LogP contribution in [0.5, 0.6) is 0 Å². The second-order valence-electron chi connectivity index (χ2n) is 6.60. The van der Waals surface area contributed by atoms with Crippen molar-refractivity contribution in [2.24, 2.45) is 0 Å². The number of halogens is 2. The van der Waals surface area contributed by atoms with Crippen molar-refractivity contribution in [2.75, 3.05) is 42.9 Å². The Morgan fingerprint density at radius 3 is 2.35 bits per heavy atom. The Morgan fingerprint density at radius 1 is 1.04 bits per heavy atom. The molecule has 1 N–H and O–H groups in total. The van der Waals surface area contributed by atoms with Crippen molar-refractivity contribution in [1.82, 2.24) is 4.90 Å². The van der Waals surface area contributed by atoms with Gasteiger partial charge in [-0.3, -0.25) is 4.79 Å². The van der Waals surface area contributed by atoms with E-state index in [0.717, 1.165) is 31.9 Å². The van der Waals surface area contributed by atoms with E-state index < -0.39 is 0 Å². The van der Waals surface area contributed by atoms with Crippen LogP contribution in [0.4, 0.5) is 11.4 Å². The molecule has 0 spiro atoms. The van der Waals surface area contributed by atoms with Gasteiger partial charge in [-0.2, -0.15) is 0 Å². The van der Waals surface area contributed by atoms with Gasteiger partial charge in [0.05, 0.1) is 6.54 Å². The summed E-state index contributed by atoms with van der Waals surface area (Å²) in [6.45, 7) is 7.67. The van der Waals surface area contributed by atoms with Crippen LogP contribution in [0.2, 0.25) is 10.0 Å². The molecular weight excluding hydrogens is 369 g/mol. The molecule has 0 aliphatic carbocycles. The van der Waals surface area contributed by atoms with Crippen LogP contribution in [-0.4, -0.2) is 43.5 Å². The lowest BCUT2D eigenvalue weighted by molar-refractivity contribution is -0.129. The van der Waals surface area contributed by atoms with E-state index in [-0.39, 0.29) is 12.5 Å². The van der Waals surface area contributed by atoms with Gasteiger partial charge >= 0.3 is 0 Å². The second-order valence-corrected chi connectivity index (χ2v) is 7.47. The molecule has 0 saturated carbocycles. The zero-order valence-corrected chi connectivity index (χ0v) is 16.6. The molecule has 1 fully saturated rings. The number of hydrogen-bond donors (Lipinski definition) is 1. The van der Waals surface area contributed by atoms with Crippen molar-refractivity contribution in [3.63, 3.8) is 0 Å². The molecule has 1 aliphatic rings. The lowest BCUT2D eigenvalue weighted by Gasteiger charge is -2.37. The average molecular weight is 392 g/mol. The molecule has 6 heteroatoms. The molecule has 0 bridgehead atoms. The molecule has 0 aromatic heterocycles. The lowest BCUT2D eigenvalue weighted by Crippen LogP contribution is -2.50. The second kappa shape index (κ2) is 8.19. The summed E-state index contributed by atoms with van der Waals surface area (Å²) in [4.78, 5) is 16.7. The largest absolute Gasteiger partial charge is 0.376 e. The SMILES string of the molecule is Cc1cccc(N2CCN(C(=O)CNc3cc(Cl)cc(Cl)c3)CC2)c1C. The predicted octanol–water partition coefficient (Wildman–Crippen LogP) is 4.37. The minimum absolute atomic E-state index is 0.0849. The van der Waals surface area contributed by atoms with E-state index in [1.165, 1.54) is 16.8 Å². The quantitative estimate of drug-likeness (QED) is 0.839. The topological polar surface area (TPSA) is 35.6 Å². The first-order chi connectivity index (χ1) is 12.4.